The van der Waals surface area contributed by atoms with Gasteiger partial charge < -0.3 is 4.57 Å². The van der Waals surface area contributed by atoms with Crippen LogP contribution in [0.5, 0.6) is 0 Å². The van der Waals surface area contributed by atoms with Crippen molar-refractivity contribution in [1.29, 1.82) is 0 Å². The highest BCUT2D eigenvalue weighted by molar-refractivity contribution is 9.10. The van der Waals surface area contributed by atoms with Crippen molar-refractivity contribution in [2.75, 3.05) is 0 Å². The SMILES string of the molecule is CCCn1ccnc1C(NN)c1cc(Br)ccc1C. The van der Waals surface area contributed by atoms with Crippen molar-refractivity contribution >= 4 is 15.9 Å². The Morgan fingerprint density at radius 2 is 2.26 bits per heavy atom. The summed E-state index contributed by atoms with van der Waals surface area (Å²) in [5.41, 5.74) is 5.21. The molecule has 0 aliphatic carbocycles. The average molecular weight is 323 g/mol. The summed E-state index contributed by atoms with van der Waals surface area (Å²) in [5.74, 6) is 6.71. The Labute approximate surface area is 122 Å². The van der Waals surface area contributed by atoms with E-state index in [-0.39, 0.29) is 6.04 Å². The Morgan fingerprint density at radius 3 is 2.95 bits per heavy atom. The van der Waals surface area contributed by atoms with Crippen molar-refractivity contribution in [3.05, 3.63) is 52.0 Å². The third-order valence-corrected chi connectivity index (χ3v) is 3.68. The summed E-state index contributed by atoms with van der Waals surface area (Å²) in [6.45, 7) is 5.18. The van der Waals surface area contributed by atoms with Crippen LogP contribution in [0.2, 0.25) is 0 Å². The molecule has 19 heavy (non-hydrogen) atoms. The maximum absolute atomic E-state index is 5.76. The number of aromatic nitrogens is 2. The van der Waals surface area contributed by atoms with Gasteiger partial charge in [0.15, 0.2) is 0 Å². The zero-order chi connectivity index (χ0) is 13.8. The van der Waals surface area contributed by atoms with E-state index in [0.29, 0.717) is 0 Å². The van der Waals surface area contributed by atoms with Crippen LogP contribution in [0.4, 0.5) is 0 Å². The van der Waals surface area contributed by atoms with Crippen LogP contribution in [0.15, 0.2) is 35.1 Å². The number of hydrogen-bond acceptors (Lipinski definition) is 3. The first-order valence-corrected chi connectivity index (χ1v) is 7.19. The summed E-state index contributed by atoms with van der Waals surface area (Å²) in [7, 11) is 0. The van der Waals surface area contributed by atoms with Crippen molar-refractivity contribution in [3.63, 3.8) is 0 Å². The third-order valence-electron chi connectivity index (χ3n) is 3.19. The summed E-state index contributed by atoms with van der Waals surface area (Å²) in [6.07, 6.45) is 4.89. The molecule has 0 aliphatic heterocycles. The van der Waals surface area contributed by atoms with Gasteiger partial charge in [0, 0.05) is 23.4 Å². The van der Waals surface area contributed by atoms with Crippen molar-refractivity contribution < 1.29 is 0 Å². The first-order valence-electron chi connectivity index (χ1n) is 6.40. The van der Waals surface area contributed by atoms with Gasteiger partial charge in [-0.15, -0.1) is 0 Å². The average Bonchev–Trinajstić information content (AvgIpc) is 2.83. The molecule has 1 atom stereocenters. The lowest BCUT2D eigenvalue weighted by Crippen LogP contribution is -2.31. The number of imidazole rings is 1. The largest absolute Gasteiger partial charge is 0.333 e. The summed E-state index contributed by atoms with van der Waals surface area (Å²) in [6, 6.07) is 6.10. The van der Waals surface area contributed by atoms with Gasteiger partial charge in [-0.25, -0.2) is 10.4 Å². The number of hydrazine groups is 1. The van der Waals surface area contributed by atoms with Crippen LogP contribution in [0.1, 0.15) is 36.3 Å². The monoisotopic (exact) mass is 322 g/mol. The molecule has 0 radical (unpaired) electrons. The molecule has 0 bridgehead atoms. The molecular weight excluding hydrogens is 304 g/mol. The first-order chi connectivity index (χ1) is 9.17. The standard InChI is InChI=1S/C14H19BrN4/c1-3-7-19-8-6-17-14(19)13(18-16)12-9-11(15)5-4-10(12)2/h4-6,8-9,13,18H,3,7,16H2,1-2H3. The fraction of sp³-hybridized carbons (Fsp3) is 0.357. The number of benzene rings is 1. The highest BCUT2D eigenvalue weighted by Crippen LogP contribution is 2.26. The van der Waals surface area contributed by atoms with Gasteiger partial charge in [-0.2, -0.15) is 0 Å². The molecule has 0 aliphatic rings. The van der Waals surface area contributed by atoms with Crippen LogP contribution in [-0.2, 0) is 6.54 Å². The van der Waals surface area contributed by atoms with E-state index in [0.717, 1.165) is 28.8 Å². The lowest BCUT2D eigenvalue weighted by atomic mass is 10.0. The van der Waals surface area contributed by atoms with E-state index >= 15 is 0 Å². The highest BCUT2D eigenvalue weighted by Gasteiger charge is 2.19. The lowest BCUT2D eigenvalue weighted by molar-refractivity contribution is 0.543. The molecule has 0 fully saturated rings. The maximum Gasteiger partial charge on any atom is 0.131 e. The molecule has 102 valence electrons. The van der Waals surface area contributed by atoms with Crippen LogP contribution in [0.25, 0.3) is 0 Å². The third kappa shape index (κ3) is 3.05. The van der Waals surface area contributed by atoms with Crippen LogP contribution in [0.3, 0.4) is 0 Å². The maximum atomic E-state index is 5.76. The van der Waals surface area contributed by atoms with Crippen LogP contribution in [-0.4, -0.2) is 9.55 Å². The second-order valence-electron chi connectivity index (χ2n) is 4.58. The lowest BCUT2D eigenvalue weighted by Gasteiger charge is -2.20. The molecule has 0 saturated heterocycles. The second kappa shape index (κ2) is 6.32. The first kappa shape index (κ1) is 14.2. The van der Waals surface area contributed by atoms with Gasteiger partial charge in [-0.1, -0.05) is 28.9 Å². The molecule has 1 unspecified atom stereocenters. The number of nitrogens with two attached hydrogens (primary N) is 1. The van der Waals surface area contributed by atoms with Crippen LogP contribution < -0.4 is 11.3 Å². The summed E-state index contributed by atoms with van der Waals surface area (Å²) in [5, 5.41) is 0. The van der Waals surface area contributed by atoms with E-state index in [1.807, 2.05) is 18.5 Å². The predicted molar refractivity (Wildman–Crippen MR) is 80.6 cm³/mol. The Balaban J connectivity index is 2.44. The smallest absolute Gasteiger partial charge is 0.131 e. The molecule has 1 heterocycles. The molecule has 0 amide bonds. The zero-order valence-corrected chi connectivity index (χ0v) is 12.8. The Hall–Kier alpha value is -1.17. The number of rotatable bonds is 5. The van der Waals surface area contributed by atoms with Gasteiger partial charge >= 0.3 is 0 Å². The van der Waals surface area contributed by atoms with Crippen molar-refractivity contribution in [2.45, 2.75) is 32.9 Å². The van der Waals surface area contributed by atoms with Crippen molar-refractivity contribution in [3.8, 4) is 0 Å². The molecule has 2 aromatic rings. The predicted octanol–water partition coefficient (Wildman–Crippen LogP) is 2.92. The van der Waals surface area contributed by atoms with Crippen LogP contribution >= 0.6 is 15.9 Å². The summed E-state index contributed by atoms with van der Waals surface area (Å²) < 4.78 is 3.19. The number of halogens is 1. The van der Waals surface area contributed by atoms with Gasteiger partial charge in [-0.05, 0) is 36.6 Å². The second-order valence-corrected chi connectivity index (χ2v) is 5.50. The topological polar surface area (TPSA) is 55.9 Å². The van der Waals surface area contributed by atoms with E-state index in [1.54, 1.807) is 0 Å². The van der Waals surface area contributed by atoms with Crippen molar-refractivity contribution in [2.24, 2.45) is 5.84 Å². The van der Waals surface area contributed by atoms with Gasteiger partial charge in [0.05, 0.1) is 0 Å². The van der Waals surface area contributed by atoms with E-state index in [9.17, 15) is 0 Å². The van der Waals surface area contributed by atoms with Crippen molar-refractivity contribution in [1.82, 2.24) is 15.0 Å². The molecule has 5 heteroatoms. The number of nitrogens with one attached hydrogen (secondary N) is 1. The highest BCUT2D eigenvalue weighted by atomic mass is 79.9. The number of nitrogens with zero attached hydrogens (tertiary/aromatic N) is 2. The molecule has 3 N–H and O–H groups in total. The minimum Gasteiger partial charge on any atom is -0.333 e. The van der Waals surface area contributed by atoms with Gasteiger partial charge in [-0.3, -0.25) is 5.84 Å². The molecule has 0 saturated carbocycles. The molecule has 1 aromatic heterocycles. The molecule has 0 spiro atoms. The summed E-state index contributed by atoms with van der Waals surface area (Å²) in [4.78, 5) is 4.46. The minimum absolute atomic E-state index is 0.0981. The normalized spacial score (nSPS) is 12.6. The fourth-order valence-corrected chi connectivity index (χ4v) is 2.62. The Kier molecular flexibility index (Phi) is 4.74. The molecule has 2 rings (SSSR count). The Bertz CT molecular complexity index is 550. The van der Waals surface area contributed by atoms with E-state index in [4.69, 9.17) is 5.84 Å². The van der Waals surface area contributed by atoms with Gasteiger partial charge in [0.2, 0.25) is 0 Å². The number of aryl methyl sites for hydroxylation is 2. The molecule has 4 nitrogen and oxygen atoms in total. The van der Waals surface area contributed by atoms with E-state index in [2.05, 4.69) is 56.9 Å². The van der Waals surface area contributed by atoms with E-state index < -0.39 is 0 Å². The quantitative estimate of drug-likeness (QED) is 0.657. The summed E-state index contributed by atoms with van der Waals surface area (Å²) >= 11 is 3.51. The van der Waals surface area contributed by atoms with Crippen LogP contribution in [0, 0.1) is 6.92 Å². The zero-order valence-electron chi connectivity index (χ0n) is 11.2. The van der Waals surface area contributed by atoms with E-state index in [1.165, 1.54) is 5.56 Å². The molecule has 1 aromatic carbocycles. The molecular formula is C14H19BrN4. The van der Waals surface area contributed by atoms with Gasteiger partial charge in [0.25, 0.3) is 0 Å². The van der Waals surface area contributed by atoms with Gasteiger partial charge in [0.1, 0.15) is 11.9 Å². The Morgan fingerprint density at radius 1 is 1.47 bits per heavy atom. The minimum atomic E-state index is -0.0981. The fourth-order valence-electron chi connectivity index (χ4n) is 2.24. The number of hydrogen-bond donors (Lipinski definition) is 2.